The molecule has 0 amide bonds. The lowest BCUT2D eigenvalue weighted by Gasteiger charge is -2.12. The van der Waals surface area contributed by atoms with Crippen molar-refractivity contribution in [2.24, 2.45) is 0 Å². The van der Waals surface area contributed by atoms with Gasteiger partial charge >= 0.3 is 5.97 Å². The van der Waals surface area contributed by atoms with E-state index >= 15 is 0 Å². The molecule has 3 aromatic carbocycles. The Morgan fingerprint density at radius 3 is 2.75 bits per heavy atom. The van der Waals surface area contributed by atoms with Crippen molar-refractivity contribution in [1.82, 2.24) is 9.97 Å². The van der Waals surface area contributed by atoms with Crippen LogP contribution in [0, 0.1) is 12.7 Å². The predicted molar refractivity (Wildman–Crippen MR) is 156 cm³/mol. The third-order valence-electron chi connectivity index (χ3n) is 6.09. The van der Waals surface area contributed by atoms with Gasteiger partial charge in [-0.1, -0.05) is 23.7 Å². The van der Waals surface area contributed by atoms with E-state index in [0.717, 1.165) is 16.5 Å². The average molecular weight is 579 g/mol. The van der Waals surface area contributed by atoms with Crippen molar-refractivity contribution in [3.63, 3.8) is 0 Å². The first-order valence-electron chi connectivity index (χ1n) is 12.2. The van der Waals surface area contributed by atoms with Crippen LogP contribution in [0.15, 0.2) is 77.5 Å². The number of benzene rings is 3. The van der Waals surface area contributed by atoms with Gasteiger partial charge in [-0.05, 0) is 66.6 Å². The zero-order valence-electron chi connectivity index (χ0n) is 21.2. The van der Waals surface area contributed by atoms with Gasteiger partial charge in [0.2, 0.25) is 0 Å². The number of aryl methyl sites for hydroxylation is 1. The van der Waals surface area contributed by atoms with Crippen LogP contribution in [0.4, 0.5) is 21.8 Å². The van der Waals surface area contributed by atoms with E-state index in [9.17, 15) is 14.3 Å². The molecule has 5 aromatic rings. The monoisotopic (exact) mass is 578 g/mol. The number of nitrogens with one attached hydrogen (secondary N) is 2. The van der Waals surface area contributed by atoms with Gasteiger partial charge in [-0.3, -0.25) is 0 Å². The molecule has 8 nitrogen and oxygen atoms in total. The van der Waals surface area contributed by atoms with Crippen LogP contribution in [0.5, 0.6) is 5.75 Å². The van der Waals surface area contributed by atoms with E-state index in [2.05, 4.69) is 33.2 Å². The van der Waals surface area contributed by atoms with Gasteiger partial charge in [-0.2, -0.15) is 12.6 Å². The number of nitrogens with zero attached hydrogens (tertiary/aromatic N) is 2. The van der Waals surface area contributed by atoms with Crippen LogP contribution in [-0.4, -0.2) is 32.8 Å². The number of anilines is 3. The number of carbonyl (C=O) groups is 1. The van der Waals surface area contributed by atoms with Crippen LogP contribution >= 0.6 is 24.2 Å². The molecule has 0 spiro atoms. The molecule has 0 aliphatic heterocycles. The molecule has 3 N–H and O–H groups in total. The SMILES string of the molecule is Cc1cc(NC(CS)C(=O)O)oc1-c1ccc2ncnc(Nc3ccc(OCc4cccc(F)c4)c(Cl)c3)c2c1. The highest BCUT2D eigenvalue weighted by atomic mass is 35.5. The maximum atomic E-state index is 13.4. The summed E-state index contributed by atoms with van der Waals surface area (Å²) >= 11 is 10.6. The van der Waals surface area contributed by atoms with Crippen molar-refractivity contribution in [2.45, 2.75) is 19.6 Å². The molecular formula is C29H24ClFN4O4S. The second-order valence-electron chi connectivity index (χ2n) is 8.98. The summed E-state index contributed by atoms with van der Waals surface area (Å²) in [6.45, 7) is 2.06. The van der Waals surface area contributed by atoms with Crippen molar-refractivity contribution in [1.29, 1.82) is 0 Å². The number of thiol groups is 1. The summed E-state index contributed by atoms with van der Waals surface area (Å²) in [6, 6.07) is 17.9. The molecule has 1 unspecified atom stereocenters. The number of carboxylic acid groups (broad SMARTS) is 1. The molecule has 0 aliphatic carbocycles. The minimum absolute atomic E-state index is 0.108. The highest BCUT2D eigenvalue weighted by molar-refractivity contribution is 7.80. The Bertz CT molecular complexity index is 1700. The highest BCUT2D eigenvalue weighted by Gasteiger charge is 2.19. The number of furan rings is 1. The van der Waals surface area contributed by atoms with E-state index in [4.69, 9.17) is 20.8 Å². The zero-order chi connectivity index (χ0) is 28.2. The maximum Gasteiger partial charge on any atom is 0.327 e. The largest absolute Gasteiger partial charge is 0.487 e. The summed E-state index contributed by atoms with van der Waals surface area (Å²) < 4.78 is 25.2. The number of halogens is 2. The molecule has 1 atom stereocenters. The van der Waals surface area contributed by atoms with Gasteiger partial charge in [-0.15, -0.1) is 0 Å². The van der Waals surface area contributed by atoms with Gasteiger partial charge < -0.3 is 24.9 Å². The number of aromatic nitrogens is 2. The number of aliphatic carboxylic acids is 1. The first-order chi connectivity index (χ1) is 19.3. The van der Waals surface area contributed by atoms with Gasteiger partial charge in [0.15, 0.2) is 5.88 Å². The van der Waals surface area contributed by atoms with E-state index in [-0.39, 0.29) is 18.2 Å². The highest BCUT2D eigenvalue weighted by Crippen LogP contribution is 2.35. The number of ether oxygens (including phenoxy) is 1. The number of hydrogen-bond donors (Lipinski definition) is 4. The Morgan fingerprint density at radius 1 is 1.15 bits per heavy atom. The molecule has 0 radical (unpaired) electrons. The minimum atomic E-state index is -1.02. The molecule has 0 saturated carbocycles. The molecule has 5 rings (SSSR count). The number of carboxylic acids is 1. The molecule has 11 heteroatoms. The van der Waals surface area contributed by atoms with Crippen molar-refractivity contribution < 1.29 is 23.4 Å². The van der Waals surface area contributed by atoms with E-state index in [1.165, 1.54) is 18.5 Å². The molecule has 40 heavy (non-hydrogen) atoms. The average Bonchev–Trinajstić information content (AvgIpc) is 3.31. The Labute approximate surface area is 239 Å². The summed E-state index contributed by atoms with van der Waals surface area (Å²) in [7, 11) is 0. The fourth-order valence-corrected chi connectivity index (χ4v) is 4.60. The van der Waals surface area contributed by atoms with E-state index < -0.39 is 12.0 Å². The maximum absolute atomic E-state index is 13.4. The molecule has 204 valence electrons. The minimum Gasteiger partial charge on any atom is -0.487 e. The molecule has 0 fully saturated rings. The second kappa shape index (κ2) is 11.8. The standard InChI is InChI=1S/C29H24ClFN4O4S/c1-16-9-26(35-24(14-40)29(36)37)39-27(16)18-5-7-23-21(11-18)28(33-15-32-23)34-20-6-8-25(22(30)12-20)38-13-17-3-2-4-19(31)10-17/h2-12,15,24,35,40H,13-14H2,1H3,(H,36,37)(H,32,33,34). The summed E-state index contributed by atoms with van der Waals surface area (Å²) in [6.07, 6.45) is 1.46. The van der Waals surface area contributed by atoms with Crippen molar-refractivity contribution >= 4 is 58.5 Å². The van der Waals surface area contributed by atoms with Crippen LogP contribution < -0.4 is 15.4 Å². The quantitative estimate of drug-likeness (QED) is 0.130. The van der Waals surface area contributed by atoms with Crippen LogP contribution in [0.1, 0.15) is 11.1 Å². The van der Waals surface area contributed by atoms with Crippen molar-refractivity contribution in [2.75, 3.05) is 16.4 Å². The summed E-state index contributed by atoms with van der Waals surface area (Å²) in [5, 5.41) is 16.6. The van der Waals surface area contributed by atoms with Gasteiger partial charge in [0.25, 0.3) is 0 Å². The van der Waals surface area contributed by atoms with Crippen LogP contribution in [0.25, 0.3) is 22.2 Å². The lowest BCUT2D eigenvalue weighted by Crippen LogP contribution is -2.30. The topological polar surface area (TPSA) is 110 Å². The predicted octanol–water partition coefficient (Wildman–Crippen LogP) is 7.11. The number of hydrogen-bond acceptors (Lipinski definition) is 8. The molecular weight excluding hydrogens is 555 g/mol. The van der Waals surface area contributed by atoms with E-state index in [1.54, 1.807) is 36.4 Å². The van der Waals surface area contributed by atoms with Crippen molar-refractivity contribution in [3.05, 3.63) is 95.0 Å². The lowest BCUT2D eigenvalue weighted by atomic mass is 10.1. The van der Waals surface area contributed by atoms with Crippen LogP contribution in [-0.2, 0) is 11.4 Å². The number of rotatable bonds is 10. The van der Waals surface area contributed by atoms with Gasteiger partial charge in [0.1, 0.15) is 42.1 Å². The molecule has 0 bridgehead atoms. The summed E-state index contributed by atoms with van der Waals surface area (Å²) in [5.74, 6) is 0.710. The lowest BCUT2D eigenvalue weighted by molar-refractivity contribution is -0.137. The number of fused-ring (bicyclic) bond motifs is 1. The Kier molecular flexibility index (Phi) is 8.09. The van der Waals surface area contributed by atoms with Crippen molar-refractivity contribution in [3.8, 4) is 17.1 Å². The second-order valence-corrected chi connectivity index (χ2v) is 9.76. The Hall–Kier alpha value is -4.28. The van der Waals surface area contributed by atoms with Crippen LogP contribution in [0.3, 0.4) is 0 Å². The van der Waals surface area contributed by atoms with E-state index in [0.29, 0.717) is 45.0 Å². The molecule has 2 heterocycles. The third kappa shape index (κ3) is 6.13. The summed E-state index contributed by atoms with van der Waals surface area (Å²) in [5.41, 5.74) is 3.69. The van der Waals surface area contributed by atoms with E-state index in [1.807, 2.05) is 25.1 Å². The molecule has 0 aliphatic rings. The fourth-order valence-electron chi connectivity index (χ4n) is 4.11. The Balaban J connectivity index is 1.37. The third-order valence-corrected chi connectivity index (χ3v) is 6.75. The van der Waals surface area contributed by atoms with Gasteiger partial charge in [0.05, 0.1) is 10.5 Å². The smallest absolute Gasteiger partial charge is 0.327 e. The van der Waals surface area contributed by atoms with Crippen LogP contribution in [0.2, 0.25) is 5.02 Å². The zero-order valence-corrected chi connectivity index (χ0v) is 22.8. The normalized spacial score (nSPS) is 11.8. The molecule has 0 saturated heterocycles. The van der Waals surface area contributed by atoms with Gasteiger partial charge in [0, 0.05) is 28.5 Å². The Morgan fingerprint density at radius 2 is 2.00 bits per heavy atom. The fraction of sp³-hybridized carbons (Fsp3) is 0.138. The molecule has 2 aromatic heterocycles. The summed E-state index contributed by atoms with van der Waals surface area (Å²) in [4.78, 5) is 20.2. The first kappa shape index (κ1) is 27.3. The first-order valence-corrected chi connectivity index (χ1v) is 13.2. The van der Waals surface area contributed by atoms with Gasteiger partial charge in [-0.25, -0.2) is 19.2 Å².